The van der Waals surface area contributed by atoms with Crippen LogP contribution in [0.3, 0.4) is 0 Å². The van der Waals surface area contributed by atoms with Gasteiger partial charge < -0.3 is 0 Å². The van der Waals surface area contributed by atoms with Gasteiger partial charge in [0.05, 0.1) is 0 Å². The van der Waals surface area contributed by atoms with E-state index in [2.05, 4.69) is 26.0 Å². The number of rotatable bonds is 0. The zero-order valence-electron chi connectivity index (χ0n) is 6.43. The topological polar surface area (TPSA) is 0 Å². The van der Waals surface area contributed by atoms with Crippen molar-refractivity contribution in [3.05, 3.63) is 12.2 Å². The Labute approximate surface area is 58.0 Å². The molecule has 0 aromatic carbocycles. The fourth-order valence-electron chi connectivity index (χ4n) is 1.30. The molecule has 0 N–H and O–H groups in total. The minimum atomic E-state index is 0.829. The smallest absolute Gasteiger partial charge is 0.0262 e. The van der Waals surface area contributed by atoms with E-state index in [0.29, 0.717) is 0 Å². The molecular formula is C9H16. The minimum absolute atomic E-state index is 0.829. The van der Waals surface area contributed by atoms with E-state index in [-0.39, 0.29) is 0 Å². The first-order chi connectivity index (χ1) is 4.29. The second-order valence-electron chi connectivity index (χ2n) is 3.32. The largest absolute Gasteiger partial charge is 0.0880 e. The second kappa shape index (κ2) is 3.05. The maximum atomic E-state index is 2.35. The van der Waals surface area contributed by atoms with Gasteiger partial charge in [0.1, 0.15) is 0 Å². The Hall–Kier alpha value is -0.260. The lowest BCUT2D eigenvalue weighted by Crippen LogP contribution is -1.92. The lowest BCUT2D eigenvalue weighted by Gasteiger charge is -2.05. The van der Waals surface area contributed by atoms with Gasteiger partial charge in [0.15, 0.2) is 0 Å². The van der Waals surface area contributed by atoms with Crippen LogP contribution in [0.2, 0.25) is 0 Å². The van der Waals surface area contributed by atoms with Crippen molar-refractivity contribution in [2.24, 2.45) is 11.8 Å². The fraction of sp³-hybridized carbons (Fsp3) is 0.778. The predicted octanol–water partition coefficient (Wildman–Crippen LogP) is 3.00. The van der Waals surface area contributed by atoms with Crippen molar-refractivity contribution in [2.75, 3.05) is 0 Å². The van der Waals surface area contributed by atoms with Crippen LogP contribution in [0.25, 0.3) is 0 Å². The molecule has 2 atom stereocenters. The third-order valence-electron chi connectivity index (χ3n) is 2.12. The van der Waals surface area contributed by atoms with Crippen LogP contribution in [0.5, 0.6) is 0 Å². The van der Waals surface area contributed by atoms with Crippen molar-refractivity contribution >= 4 is 0 Å². The summed E-state index contributed by atoms with van der Waals surface area (Å²) in [6.07, 6.45) is 8.78. The highest BCUT2D eigenvalue weighted by Crippen LogP contribution is 2.20. The molecule has 0 bridgehead atoms. The Balaban J connectivity index is 2.39. The zero-order valence-corrected chi connectivity index (χ0v) is 6.43. The summed E-state index contributed by atoms with van der Waals surface area (Å²) in [5.74, 6) is 1.75. The standard InChI is InChI=1S/C9H16/c1-8-4-3-5-9(2)7-6-8/h3-4,8-9H,5-7H2,1-2H3. The van der Waals surface area contributed by atoms with Crippen LogP contribution in [0.1, 0.15) is 33.1 Å². The summed E-state index contributed by atoms with van der Waals surface area (Å²) in [6, 6.07) is 0. The summed E-state index contributed by atoms with van der Waals surface area (Å²) >= 11 is 0. The van der Waals surface area contributed by atoms with E-state index in [0.717, 1.165) is 11.8 Å². The summed E-state index contributed by atoms with van der Waals surface area (Å²) in [5.41, 5.74) is 0. The van der Waals surface area contributed by atoms with Crippen molar-refractivity contribution in [1.29, 1.82) is 0 Å². The molecule has 0 heterocycles. The van der Waals surface area contributed by atoms with E-state index in [9.17, 15) is 0 Å². The van der Waals surface area contributed by atoms with Crippen molar-refractivity contribution in [2.45, 2.75) is 33.1 Å². The molecule has 0 heteroatoms. The first-order valence-corrected chi connectivity index (χ1v) is 3.95. The van der Waals surface area contributed by atoms with E-state index in [1.807, 2.05) is 0 Å². The number of allylic oxidation sites excluding steroid dienone is 2. The van der Waals surface area contributed by atoms with Gasteiger partial charge in [-0.2, -0.15) is 0 Å². The maximum absolute atomic E-state index is 2.35. The molecule has 1 aliphatic carbocycles. The zero-order chi connectivity index (χ0) is 6.69. The molecule has 0 nitrogen and oxygen atoms in total. The fourth-order valence-corrected chi connectivity index (χ4v) is 1.30. The summed E-state index contributed by atoms with van der Waals surface area (Å²) in [5, 5.41) is 0. The van der Waals surface area contributed by atoms with Crippen molar-refractivity contribution in [1.82, 2.24) is 0 Å². The summed E-state index contributed by atoms with van der Waals surface area (Å²) in [7, 11) is 0. The van der Waals surface area contributed by atoms with Gasteiger partial charge in [-0.3, -0.25) is 0 Å². The first-order valence-electron chi connectivity index (χ1n) is 3.95. The molecule has 0 saturated carbocycles. The molecular weight excluding hydrogens is 108 g/mol. The van der Waals surface area contributed by atoms with Crippen LogP contribution in [0, 0.1) is 11.8 Å². The molecule has 0 aromatic heterocycles. The molecule has 0 aliphatic heterocycles. The molecule has 0 radical (unpaired) electrons. The van der Waals surface area contributed by atoms with Crippen LogP contribution >= 0.6 is 0 Å². The monoisotopic (exact) mass is 124 g/mol. The third-order valence-corrected chi connectivity index (χ3v) is 2.12. The molecule has 52 valence electrons. The van der Waals surface area contributed by atoms with E-state index >= 15 is 0 Å². The van der Waals surface area contributed by atoms with Crippen LogP contribution in [-0.4, -0.2) is 0 Å². The number of hydrogen-bond donors (Lipinski definition) is 0. The van der Waals surface area contributed by atoms with Gasteiger partial charge in [0, 0.05) is 0 Å². The maximum Gasteiger partial charge on any atom is -0.0262 e. The van der Waals surface area contributed by atoms with Gasteiger partial charge in [0.25, 0.3) is 0 Å². The highest BCUT2D eigenvalue weighted by Gasteiger charge is 2.06. The molecule has 1 aliphatic rings. The van der Waals surface area contributed by atoms with Crippen LogP contribution in [0.4, 0.5) is 0 Å². The van der Waals surface area contributed by atoms with Gasteiger partial charge in [-0.25, -0.2) is 0 Å². The summed E-state index contributed by atoms with van der Waals surface area (Å²) < 4.78 is 0. The second-order valence-corrected chi connectivity index (χ2v) is 3.32. The van der Waals surface area contributed by atoms with E-state index in [1.165, 1.54) is 19.3 Å². The molecule has 2 unspecified atom stereocenters. The van der Waals surface area contributed by atoms with Gasteiger partial charge in [-0.05, 0) is 31.1 Å². The van der Waals surface area contributed by atoms with Crippen molar-refractivity contribution < 1.29 is 0 Å². The van der Waals surface area contributed by atoms with Gasteiger partial charge in [-0.15, -0.1) is 0 Å². The highest BCUT2D eigenvalue weighted by molar-refractivity contribution is 4.90. The highest BCUT2D eigenvalue weighted by atomic mass is 14.1. The normalized spacial score (nSPS) is 36.2. The van der Waals surface area contributed by atoms with E-state index in [1.54, 1.807) is 0 Å². The lowest BCUT2D eigenvalue weighted by molar-refractivity contribution is 0.493. The van der Waals surface area contributed by atoms with Crippen LogP contribution in [0.15, 0.2) is 12.2 Å². The Morgan fingerprint density at radius 2 is 2.00 bits per heavy atom. The van der Waals surface area contributed by atoms with Crippen LogP contribution < -0.4 is 0 Å². The van der Waals surface area contributed by atoms with Gasteiger partial charge in [0.2, 0.25) is 0 Å². The van der Waals surface area contributed by atoms with Gasteiger partial charge in [-0.1, -0.05) is 26.0 Å². The molecule has 0 saturated heterocycles. The van der Waals surface area contributed by atoms with Crippen LogP contribution in [-0.2, 0) is 0 Å². The number of hydrogen-bond acceptors (Lipinski definition) is 0. The summed E-state index contributed by atoms with van der Waals surface area (Å²) in [6.45, 7) is 4.64. The molecule has 0 fully saturated rings. The Morgan fingerprint density at radius 3 is 2.78 bits per heavy atom. The van der Waals surface area contributed by atoms with Gasteiger partial charge >= 0.3 is 0 Å². The minimum Gasteiger partial charge on any atom is -0.0880 e. The first kappa shape index (κ1) is 6.85. The SMILES string of the molecule is CC1C=CCC(C)CC1. The van der Waals surface area contributed by atoms with Crippen molar-refractivity contribution in [3.8, 4) is 0 Å². The average molecular weight is 124 g/mol. The molecule has 9 heavy (non-hydrogen) atoms. The third kappa shape index (κ3) is 2.21. The molecule has 0 aromatic rings. The molecule has 0 spiro atoms. The molecule has 1 rings (SSSR count). The Bertz CT molecular complexity index is 103. The predicted molar refractivity (Wildman–Crippen MR) is 41.3 cm³/mol. The van der Waals surface area contributed by atoms with Crippen molar-refractivity contribution in [3.63, 3.8) is 0 Å². The lowest BCUT2D eigenvalue weighted by atomic mass is 10.0. The van der Waals surface area contributed by atoms with E-state index in [4.69, 9.17) is 0 Å². The quantitative estimate of drug-likeness (QED) is 0.435. The van der Waals surface area contributed by atoms with E-state index < -0.39 is 0 Å². The average Bonchev–Trinajstić information content (AvgIpc) is 1.97. The summed E-state index contributed by atoms with van der Waals surface area (Å²) in [4.78, 5) is 0. The Morgan fingerprint density at radius 1 is 1.22 bits per heavy atom. The Kier molecular flexibility index (Phi) is 2.32. The molecule has 0 amide bonds.